The van der Waals surface area contributed by atoms with Crippen molar-refractivity contribution in [3.8, 4) is 5.75 Å². The molecule has 0 unspecified atom stereocenters. The van der Waals surface area contributed by atoms with Gasteiger partial charge in [-0.2, -0.15) is 13.2 Å². The van der Waals surface area contributed by atoms with Gasteiger partial charge in [-0.3, -0.25) is 0 Å². The molecule has 0 saturated carbocycles. The molecule has 0 atom stereocenters. The molecule has 22 heavy (non-hydrogen) atoms. The van der Waals surface area contributed by atoms with Crippen LogP contribution in [0.4, 0.5) is 13.2 Å². The summed E-state index contributed by atoms with van der Waals surface area (Å²) < 4.78 is 48.7. The molecule has 4 nitrogen and oxygen atoms in total. The van der Waals surface area contributed by atoms with Crippen LogP contribution in [-0.2, 0) is 10.8 Å². The maximum absolute atomic E-state index is 12.9. The Morgan fingerprint density at radius 2 is 1.59 bits per heavy atom. The topological polar surface area (TPSA) is 58.9 Å². The molecule has 124 valence electrons. The second-order valence-corrected chi connectivity index (χ2v) is 6.03. The second-order valence-electron chi connectivity index (χ2n) is 6.03. The first kappa shape index (κ1) is 18.8. The summed E-state index contributed by atoms with van der Waals surface area (Å²) in [6.45, 7) is 6.01. The highest BCUT2D eigenvalue weighted by Gasteiger charge is 2.40. The van der Waals surface area contributed by atoms with E-state index in [0.717, 1.165) is 12.1 Å². The predicted molar refractivity (Wildman–Crippen MR) is 77.1 cm³/mol. The Morgan fingerprint density at radius 3 is 2.00 bits per heavy atom. The van der Waals surface area contributed by atoms with E-state index in [4.69, 9.17) is 9.39 Å². The summed E-state index contributed by atoms with van der Waals surface area (Å²) in [7, 11) is -0.412. The van der Waals surface area contributed by atoms with Crippen LogP contribution in [0.3, 0.4) is 0 Å². The van der Waals surface area contributed by atoms with E-state index < -0.39 is 30.1 Å². The number of halogens is 3. The van der Waals surface area contributed by atoms with Gasteiger partial charge in [0.25, 0.3) is 0 Å². The fraction of sp³-hybridized carbons (Fsp3) is 0.571. The number of aliphatic hydroxyl groups is 1. The highest BCUT2D eigenvalue weighted by Crippen LogP contribution is 2.31. The number of rotatable bonds is 5. The first-order valence-corrected chi connectivity index (χ1v) is 6.62. The van der Waals surface area contributed by atoms with Crippen LogP contribution in [0, 0.1) is 0 Å². The fourth-order valence-electron chi connectivity index (χ4n) is 1.54. The quantitative estimate of drug-likeness (QED) is 0.815. The third kappa shape index (κ3) is 4.38. The monoisotopic (exact) mass is 320 g/mol. The van der Waals surface area contributed by atoms with Crippen molar-refractivity contribution >= 4 is 12.6 Å². The van der Waals surface area contributed by atoms with E-state index in [1.807, 2.05) is 0 Å². The molecule has 1 aromatic rings. The number of hydrogen-bond donors (Lipinski definition) is 2. The summed E-state index contributed by atoms with van der Waals surface area (Å²) in [5.41, 5.74) is -3.55. The standard InChI is InChI=1S/C14H20BF3O4/c1-12(2,19)13(3,4)22-15(20)10-6-9(14(16,17)18)7-11(8-10)21-5/h6-8,19-20H,1-5H3. The van der Waals surface area contributed by atoms with Crippen LogP contribution in [0.25, 0.3) is 0 Å². The zero-order valence-electron chi connectivity index (χ0n) is 13.2. The molecule has 0 aliphatic heterocycles. The van der Waals surface area contributed by atoms with E-state index in [2.05, 4.69) is 0 Å². The molecule has 0 spiro atoms. The van der Waals surface area contributed by atoms with Crippen molar-refractivity contribution in [2.24, 2.45) is 0 Å². The highest BCUT2D eigenvalue weighted by atomic mass is 19.4. The Morgan fingerprint density at radius 1 is 1.05 bits per heavy atom. The van der Waals surface area contributed by atoms with E-state index in [1.54, 1.807) is 0 Å². The molecule has 0 aliphatic carbocycles. The van der Waals surface area contributed by atoms with Gasteiger partial charge in [-0.1, -0.05) is 0 Å². The molecule has 0 heterocycles. The summed E-state index contributed by atoms with van der Waals surface area (Å²) in [4.78, 5) is 0. The summed E-state index contributed by atoms with van der Waals surface area (Å²) in [5.74, 6) is -0.0476. The van der Waals surface area contributed by atoms with E-state index in [0.29, 0.717) is 0 Å². The zero-order valence-corrected chi connectivity index (χ0v) is 13.2. The number of benzene rings is 1. The third-order valence-corrected chi connectivity index (χ3v) is 3.66. The second kappa shape index (κ2) is 6.10. The predicted octanol–water partition coefficient (Wildman–Crippen LogP) is 1.97. The van der Waals surface area contributed by atoms with Crippen LogP contribution in [0.15, 0.2) is 18.2 Å². The summed E-state index contributed by atoms with van der Waals surface area (Å²) >= 11 is 0. The first-order chi connectivity index (χ1) is 9.78. The number of methoxy groups -OCH3 is 1. The van der Waals surface area contributed by atoms with E-state index in [-0.39, 0.29) is 11.2 Å². The summed E-state index contributed by atoms with van der Waals surface area (Å²) in [6.07, 6.45) is -4.57. The van der Waals surface area contributed by atoms with Gasteiger partial charge in [-0.25, -0.2) is 0 Å². The maximum atomic E-state index is 12.9. The number of hydrogen-bond acceptors (Lipinski definition) is 4. The lowest BCUT2D eigenvalue weighted by atomic mass is 9.76. The lowest BCUT2D eigenvalue weighted by Crippen LogP contribution is -2.53. The van der Waals surface area contributed by atoms with Crippen molar-refractivity contribution in [3.63, 3.8) is 0 Å². The molecule has 0 aromatic heterocycles. The maximum Gasteiger partial charge on any atom is 0.491 e. The minimum absolute atomic E-state index is 0.0476. The van der Waals surface area contributed by atoms with E-state index in [1.165, 1.54) is 40.9 Å². The van der Waals surface area contributed by atoms with Gasteiger partial charge in [0, 0.05) is 0 Å². The molecule has 0 bridgehead atoms. The Bertz CT molecular complexity index is 524. The lowest BCUT2D eigenvalue weighted by molar-refractivity contribution is -0.137. The molecule has 8 heteroatoms. The average Bonchev–Trinajstić information content (AvgIpc) is 2.35. The largest absolute Gasteiger partial charge is 0.497 e. The van der Waals surface area contributed by atoms with Crippen LogP contribution in [0.5, 0.6) is 5.75 Å². The SMILES string of the molecule is COc1cc(B(O)OC(C)(C)C(C)(C)O)cc(C(F)(F)F)c1. The zero-order chi connectivity index (χ0) is 17.3. The van der Waals surface area contributed by atoms with Crippen molar-refractivity contribution in [1.82, 2.24) is 0 Å². The van der Waals surface area contributed by atoms with Gasteiger partial charge in [0.1, 0.15) is 5.75 Å². The minimum Gasteiger partial charge on any atom is -0.497 e. The van der Waals surface area contributed by atoms with Gasteiger partial charge in [0.2, 0.25) is 0 Å². The molecule has 0 aliphatic rings. The van der Waals surface area contributed by atoms with Gasteiger partial charge < -0.3 is 19.5 Å². The first-order valence-electron chi connectivity index (χ1n) is 6.62. The van der Waals surface area contributed by atoms with Gasteiger partial charge in [-0.05, 0) is 51.4 Å². The minimum atomic E-state index is -4.57. The van der Waals surface area contributed by atoms with Crippen LogP contribution >= 0.6 is 0 Å². The normalized spacial score (nSPS) is 13.2. The summed E-state index contributed by atoms with van der Waals surface area (Å²) in [6, 6.07) is 2.87. The molecule has 0 radical (unpaired) electrons. The van der Waals surface area contributed by atoms with Crippen LogP contribution in [0.2, 0.25) is 0 Å². The Balaban J connectivity index is 3.15. The lowest BCUT2D eigenvalue weighted by Gasteiger charge is -2.38. The van der Waals surface area contributed by atoms with Crippen molar-refractivity contribution in [2.45, 2.75) is 45.1 Å². The average molecular weight is 320 g/mol. The molecular formula is C14H20BF3O4. The number of alkyl halides is 3. The van der Waals surface area contributed by atoms with Crippen LogP contribution < -0.4 is 10.2 Å². The number of ether oxygens (including phenoxy) is 1. The molecule has 0 fully saturated rings. The van der Waals surface area contributed by atoms with Crippen molar-refractivity contribution in [1.29, 1.82) is 0 Å². The molecule has 0 saturated heterocycles. The van der Waals surface area contributed by atoms with Gasteiger partial charge >= 0.3 is 13.3 Å². The molecular weight excluding hydrogens is 300 g/mol. The van der Waals surface area contributed by atoms with Gasteiger partial charge in [0.05, 0.1) is 23.9 Å². The fourth-order valence-corrected chi connectivity index (χ4v) is 1.54. The third-order valence-electron chi connectivity index (χ3n) is 3.66. The Hall–Kier alpha value is -1.25. The van der Waals surface area contributed by atoms with E-state index in [9.17, 15) is 23.3 Å². The molecule has 0 amide bonds. The summed E-state index contributed by atoms with van der Waals surface area (Å²) in [5, 5.41) is 20.1. The van der Waals surface area contributed by atoms with Gasteiger partial charge in [-0.15, -0.1) is 0 Å². The molecule has 1 aromatic carbocycles. The van der Waals surface area contributed by atoms with E-state index >= 15 is 0 Å². The smallest absolute Gasteiger partial charge is 0.491 e. The highest BCUT2D eigenvalue weighted by molar-refractivity contribution is 6.60. The Kier molecular flexibility index (Phi) is 5.21. The molecule has 1 rings (SSSR count). The van der Waals surface area contributed by atoms with Gasteiger partial charge in [0.15, 0.2) is 0 Å². The molecule has 2 N–H and O–H groups in total. The van der Waals surface area contributed by atoms with Crippen LogP contribution in [0.1, 0.15) is 33.3 Å². The van der Waals surface area contributed by atoms with Crippen molar-refractivity contribution in [2.75, 3.05) is 7.11 Å². The Labute approximate surface area is 128 Å². The van der Waals surface area contributed by atoms with Crippen molar-refractivity contribution < 1.29 is 32.7 Å². The van der Waals surface area contributed by atoms with Crippen molar-refractivity contribution in [3.05, 3.63) is 23.8 Å². The van der Waals surface area contributed by atoms with Crippen LogP contribution in [-0.4, -0.2) is 35.6 Å².